The standard InChI is InChI=1S/C14H12ClFN2O2S/c15-10-3-1-2-4-13(10)18-14(19)8-21(20)9-5-6-12(17)11(16)7-9/h1-7H,8,17H2,(H,18,19). The Morgan fingerprint density at radius 2 is 2.00 bits per heavy atom. The second-order valence-corrected chi connectivity index (χ2v) is 6.06. The first-order valence-corrected chi connectivity index (χ1v) is 7.65. The van der Waals surface area contributed by atoms with Gasteiger partial charge in [0, 0.05) is 4.90 Å². The third kappa shape index (κ3) is 4.03. The van der Waals surface area contributed by atoms with Gasteiger partial charge in [-0.25, -0.2) is 4.39 Å². The molecule has 0 radical (unpaired) electrons. The lowest BCUT2D eigenvalue weighted by Crippen LogP contribution is -2.19. The van der Waals surface area contributed by atoms with Crippen LogP contribution >= 0.6 is 11.6 Å². The van der Waals surface area contributed by atoms with Crippen LogP contribution in [0.25, 0.3) is 0 Å². The van der Waals surface area contributed by atoms with Gasteiger partial charge in [0.2, 0.25) is 5.91 Å². The Morgan fingerprint density at radius 1 is 1.29 bits per heavy atom. The number of anilines is 2. The molecule has 0 aliphatic rings. The number of nitrogens with one attached hydrogen (secondary N) is 1. The fourth-order valence-corrected chi connectivity index (χ4v) is 2.72. The maximum Gasteiger partial charge on any atom is 0.237 e. The Hall–Kier alpha value is -1.92. The fraction of sp³-hybridized carbons (Fsp3) is 0.0714. The second-order valence-electron chi connectivity index (χ2n) is 4.20. The fourth-order valence-electron chi connectivity index (χ4n) is 1.60. The predicted molar refractivity (Wildman–Crippen MR) is 82.2 cm³/mol. The van der Waals surface area contributed by atoms with Crippen molar-refractivity contribution in [3.8, 4) is 0 Å². The summed E-state index contributed by atoms with van der Waals surface area (Å²) >= 11 is 5.91. The lowest BCUT2D eigenvalue weighted by Gasteiger charge is -2.07. The molecule has 0 fully saturated rings. The predicted octanol–water partition coefficient (Wildman–Crippen LogP) is 2.81. The molecule has 0 heterocycles. The molecule has 7 heteroatoms. The molecule has 1 atom stereocenters. The van der Waals surface area contributed by atoms with Crippen LogP contribution in [0.3, 0.4) is 0 Å². The van der Waals surface area contributed by atoms with Gasteiger partial charge in [-0.15, -0.1) is 0 Å². The molecule has 0 saturated heterocycles. The van der Waals surface area contributed by atoms with E-state index in [2.05, 4.69) is 5.32 Å². The molecular weight excluding hydrogens is 315 g/mol. The average Bonchev–Trinajstić information content (AvgIpc) is 2.44. The zero-order valence-electron chi connectivity index (χ0n) is 10.8. The van der Waals surface area contributed by atoms with Crippen LogP contribution in [0.1, 0.15) is 0 Å². The molecule has 0 aromatic heterocycles. The van der Waals surface area contributed by atoms with Gasteiger partial charge in [-0.3, -0.25) is 9.00 Å². The van der Waals surface area contributed by atoms with E-state index in [1.165, 1.54) is 12.1 Å². The van der Waals surface area contributed by atoms with Gasteiger partial charge in [0.1, 0.15) is 11.6 Å². The van der Waals surface area contributed by atoms with Crippen molar-refractivity contribution in [1.29, 1.82) is 0 Å². The van der Waals surface area contributed by atoms with Crippen LogP contribution in [0.5, 0.6) is 0 Å². The highest BCUT2D eigenvalue weighted by Gasteiger charge is 2.13. The molecule has 0 spiro atoms. The normalized spacial score (nSPS) is 11.9. The summed E-state index contributed by atoms with van der Waals surface area (Å²) in [7, 11) is -1.66. The van der Waals surface area contributed by atoms with Crippen molar-refractivity contribution in [2.75, 3.05) is 16.8 Å². The van der Waals surface area contributed by atoms with Crippen molar-refractivity contribution in [2.24, 2.45) is 0 Å². The smallest absolute Gasteiger partial charge is 0.237 e. The van der Waals surface area contributed by atoms with E-state index in [9.17, 15) is 13.4 Å². The number of carbonyl (C=O) groups excluding carboxylic acids is 1. The molecule has 2 aromatic carbocycles. The van der Waals surface area contributed by atoms with Crippen molar-refractivity contribution in [1.82, 2.24) is 0 Å². The van der Waals surface area contributed by atoms with Crippen LogP contribution in [-0.4, -0.2) is 15.9 Å². The molecule has 0 saturated carbocycles. The summed E-state index contributed by atoms with van der Waals surface area (Å²) in [5.41, 5.74) is 5.74. The maximum absolute atomic E-state index is 13.3. The summed E-state index contributed by atoms with van der Waals surface area (Å²) in [4.78, 5) is 12.0. The van der Waals surface area contributed by atoms with Crippen LogP contribution in [0, 0.1) is 5.82 Å². The number of hydrogen-bond acceptors (Lipinski definition) is 3. The quantitative estimate of drug-likeness (QED) is 0.849. The van der Waals surface area contributed by atoms with E-state index in [0.29, 0.717) is 10.7 Å². The van der Waals surface area contributed by atoms with Crippen LogP contribution < -0.4 is 11.1 Å². The SMILES string of the molecule is Nc1ccc(S(=O)CC(=O)Nc2ccccc2Cl)cc1F. The lowest BCUT2D eigenvalue weighted by molar-refractivity contribution is -0.113. The summed E-state index contributed by atoms with van der Waals surface area (Å²) in [6, 6.07) is 10.5. The number of amides is 1. The molecule has 0 aliphatic carbocycles. The van der Waals surface area contributed by atoms with E-state index >= 15 is 0 Å². The van der Waals surface area contributed by atoms with Crippen LogP contribution in [0.15, 0.2) is 47.4 Å². The number of halogens is 2. The van der Waals surface area contributed by atoms with Crippen molar-refractivity contribution in [2.45, 2.75) is 4.90 Å². The summed E-state index contributed by atoms with van der Waals surface area (Å²) in [6.07, 6.45) is 0. The Kier molecular flexibility index (Phi) is 4.93. The van der Waals surface area contributed by atoms with Gasteiger partial charge in [0.15, 0.2) is 0 Å². The zero-order valence-corrected chi connectivity index (χ0v) is 12.4. The number of rotatable bonds is 4. The van der Waals surface area contributed by atoms with Crippen LogP contribution in [-0.2, 0) is 15.6 Å². The number of carbonyl (C=O) groups is 1. The summed E-state index contributed by atoms with van der Waals surface area (Å²) in [5, 5.41) is 2.94. The van der Waals surface area contributed by atoms with Crippen molar-refractivity contribution in [3.05, 3.63) is 53.3 Å². The molecule has 1 unspecified atom stereocenters. The molecule has 4 nitrogen and oxygen atoms in total. The molecule has 1 amide bonds. The number of para-hydroxylation sites is 1. The minimum absolute atomic E-state index is 0.0312. The van der Waals surface area contributed by atoms with E-state index in [-0.39, 0.29) is 16.3 Å². The minimum Gasteiger partial charge on any atom is -0.396 e. The number of nitrogen functional groups attached to an aromatic ring is 1. The Balaban J connectivity index is 2.04. The average molecular weight is 327 g/mol. The summed E-state index contributed by atoms with van der Waals surface area (Å²) in [6.45, 7) is 0. The van der Waals surface area contributed by atoms with E-state index < -0.39 is 22.5 Å². The van der Waals surface area contributed by atoms with Crippen molar-refractivity contribution < 1.29 is 13.4 Å². The lowest BCUT2D eigenvalue weighted by atomic mass is 10.3. The van der Waals surface area contributed by atoms with Gasteiger partial charge >= 0.3 is 0 Å². The van der Waals surface area contributed by atoms with Gasteiger partial charge in [0.05, 0.1) is 27.2 Å². The molecule has 2 aromatic rings. The molecule has 3 N–H and O–H groups in total. The van der Waals surface area contributed by atoms with Crippen LogP contribution in [0.2, 0.25) is 5.02 Å². The van der Waals surface area contributed by atoms with E-state index in [1.54, 1.807) is 24.3 Å². The first-order valence-electron chi connectivity index (χ1n) is 5.95. The largest absolute Gasteiger partial charge is 0.396 e. The third-order valence-electron chi connectivity index (χ3n) is 2.64. The minimum atomic E-state index is -1.66. The monoisotopic (exact) mass is 326 g/mol. The highest BCUT2D eigenvalue weighted by Crippen LogP contribution is 2.20. The highest BCUT2D eigenvalue weighted by molar-refractivity contribution is 7.85. The molecule has 21 heavy (non-hydrogen) atoms. The highest BCUT2D eigenvalue weighted by atomic mass is 35.5. The van der Waals surface area contributed by atoms with E-state index in [4.69, 9.17) is 17.3 Å². The van der Waals surface area contributed by atoms with Gasteiger partial charge in [-0.2, -0.15) is 0 Å². The van der Waals surface area contributed by atoms with Gasteiger partial charge in [0.25, 0.3) is 0 Å². The molecular formula is C14H12ClFN2O2S. The topological polar surface area (TPSA) is 72.2 Å². The van der Waals surface area contributed by atoms with Gasteiger partial charge in [-0.1, -0.05) is 23.7 Å². The molecule has 0 aliphatic heterocycles. The zero-order chi connectivity index (χ0) is 15.4. The Morgan fingerprint density at radius 3 is 2.67 bits per heavy atom. The number of benzene rings is 2. The number of nitrogens with two attached hydrogens (primary N) is 1. The Bertz CT molecular complexity index is 709. The summed E-state index contributed by atoms with van der Waals surface area (Å²) in [5.74, 6) is -1.43. The van der Waals surface area contributed by atoms with Crippen molar-refractivity contribution in [3.63, 3.8) is 0 Å². The van der Waals surface area contributed by atoms with E-state index in [1.807, 2.05) is 0 Å². The Labute approximate surface area is 128 Å². The maximum atomic E-state index is 13.3. The van der Waals surface area contributed by atoms with Crippen molar-refractivity contribution >= 4 is 39.7 Å². The molecule has 0 bridgehead atoms. The third-order valence-corrected chi connectivity index (χ3v) is 4.28. The van der Waals surface area contributed by atoms with Gasteiger partial charge in [-0.05, 0) is 30.3 Å². The molecule has 110 valence electrons. The first-order chi connectivity index (χ1) is 9.97. The second kappa shape index (κ2) is 6.69. The number of hydrogen-bond donors (Lipinski definition) is 2. The van der Waals surface area contributed by atoms with Crippen LogP contribution in [0.4, 0.5) is 15.8 Å². The van der Waals surface area contributed by atoms with E-state index in [0.717, 1.165) is 6.07 Å². The summed E-state index contributed by atoms with van der Waals surface area (Å²) < 4.78 is 25.3. The molecule has 2 rings (SSSR count). The van der Waals surface area contributed by atoms with Gasteiger partial charge < -0.3 is 11.1 Å². The first kappa shape index (κ1) is 15.5.